The SMILES string of the molecule is O=C(COc1ccc(Br)cc1)N1N=C(c2cccs2)CC1c1ccco1. The van der Waals surface area contributed by atoms with Crippen molar-refractivity contribution in [1.82, 2.24) is 5.01 Å². The summed E-state index contributed by atoms with van der Waals surface area (Å²) < 4.78 is 12.1. The Kier molecular flexibility index (Phi) is 4.90. The zero-order valence-electron chi connectivity index (χ0n) is 13.7. The average molecular weight is 431 g/mol. The van der Waals surface area contributed by atoms with Crippen molar-refractivity contribution in [2.24, 2.45) is 5.10 Å². The summed E-state index contributed by atoms with van der Waals surface area (Å²) in [5, 5.41) is 8.04. The average Bonchev–Trinajstić information content (AvgIpc) is 3.41. The smallest absolute Gasteiger partial charge is 0.281 e. The molecule has 1 amide bonds. The summed E-state index contributed by atoms with van der Waals surface area (Å²) in [5.41, 5.74) is 0.887. The van der Waals surface area contributed by atoms with Gasteiger partial charge in [-0.05, 0) is 47.8 Å². The summed E-state index contributed by atoms with van der Waals surface area (Å²) in [4.78, 5) is 13.8. The van der Waals surface area contributed by atoms with E-state index >= 15 is 0 Å². The maximum atomic E-state index is 12.8. The lowest BCUT2D eigenvalue weighted by molar-refractivity contribution is -0.135. The van der Waals surface area contributed by atoms with Gasteiger partial charge in [0.05, 0.1) is 16.9 Å². The zero-order chi connectivity index (χ0) is 17.9. The van der Waals surface area contributed by atoms with Gasteiger partial charge >= 0.3 is 0 Å². The zero-order valence-corrected chi connectivity index (χ0v) is 16.1. The van der Waals surface area contributed by atoms with Crippen molar-refractivity contribution in [3.8, 4) is 5.75 Å². The molecule has 0 spiro atoms. The van der Waals surface area contributed by atoms with Gasteiger partial charge in [0, 0.05) is 10.9 Å². The number of hydrogen-bond acceptors (Lipinski definition) is 5. The van der Waals surface area contributed by atoms with Crippen molar-refractivity contribution >= 4 is 38.9 Å². The lowest BCUT2D eigenvalue weighted by atomic mass is 10.1. The van der Waals surface area contributed by atoms with Crippen LogP contribution in [0.2, 0.25) is 0 Å². The number of ether oxygens (including phenoxy) is 1. The summed E-state index contributed by atoms with van der Waals surface area (Å²) >= 11 is 4.99. The number of amides is 1. The molecule has 132 valence electrons. The predicted molar refractivity (Wildman–Crippen MR) is 103 cm³/mol. The second kappa shape index (κ2) is 7.47. The standard InChI is InChI=1S/C19H15BrN2O3S/c20-13-5-7-14(8-6-13)25-12-19(23)22-16(17-3-1-9-24-17)11-15(21-22)18-4-2-10-26-18/h1-10,16H,11-12H2. The molecule has 0 bridgehead atoms. The van der Waals surface area contributed by atoms with E-state index in [0.717, 1.165) is 20.8 Å². The van der Waals surface area contributed by atoms with Gasteiger partial charge in [-0.15, -0.1) is 11.3 Å². The Morgan fingerprint density at radius 3 is 2.81 bits per heavy atom. The third kappa shape index (κ3) is 3.59. The number of benzene rings is 1. The van der Waals surface area contributed by atoms with Crippen LogP contribution in [0.15, 0.2) is 74.2 Å². The van der Waals surface area contributed by atoms with E-state index in [1.54, 1.807) is 17.6 Å². The fraction of sp³-hybridized carbons (Fsp3) is 0.158. The highest BCUT2D eigenvalue weighted by Crippen LogP contribution is 2.34. The van der Waals surface area contributed by atoms with Crippen LogP contribution in [-0.2, 0) is 4.79 Å². The highest BCUT2D eigenvalue weighted by molar-refractivity contribution is 9.10. The molecule has 1 aromatic carbocycles. The minimum Gasteiger partial charge on any atom is -0.484 e. The van der Waals surface area contributed by atoms with Crippen LogP contribution in [0.25, 0.3) is 0 Å². The molecular weight excluding hydrogens is 416 g/mol. The second-order valence-corrected chi connectivity index (χ2v) is 7.60. The molecule has 3 aromatic rings. The van der Waals surface area contributed by atoms with Crippen molar-refractivity contribution in [2.45, 2.75) is 12.5 Å². The number of thiophene rings is 1. The van der Waals surface area contributed by atoms with Gasteiger partial charge in [0.2, 0.25) is 0 Å². The number of carbonyl (C=O) groups excluding carboxylic acids is 1. The van der Waals surface area contributed by atoms with Gasteiger partial charge in [0.1, 0.15) is 17.6 Å². The van der Waals surface area contributed by atoms with Crippen molar-refractivity contribution in [1.29, 1.82) is 0 Å². The summed E-state index contributed by atoms with van der Waals surface area (Å²) in [6.45, 7) is -0.0833. The molecule has 3 heterocycles. The molecule has 0 saturated carbocycles. The molecule has 0 saturated heterocycles. The first kappa shape index (κ1) is 17.1. The maximum Gasteiger partial charge on any atom is 0.281 e. The molecule has 7 heteroatoms. The van der Waals surface area contributed by atoms with Crippen LogP contribution in [-0.4, -0.2) is 23.2 Å². The second-order valence-electron chi connectivity index (χ2n) is 5.74. The van der Waals surface area contributed by atoms with Gasteiger partial charge in [0.15, 0.2) is 6.61 Å². The van der Waals surface area contributed by atoms with Gasteiger partial charge in [-0.3, -0.25) is 4.79 Å². The fourth-order valence-corrected chi connectivity index (χ4v) is 3.76. The van der Waals surface area contributed by atoms with Crippen LogP contribution in [0.3, 0.4) is 0 Å². The van der Waals surface area contributed by atoms with Crippen LogP contribution in [0.4, 0.5) is 0 Å². The maximum absolute atomic E-state index is 12.8. The number of carbonyl (C=O) groups is 1. The van der Waals surface area contributed by atoms with Crippen molar-refractivity contribution in [3.05, 3.63) is 75.3 Å². The Balaban J connectivity index is 1.52. The van der Waals surface area contributed by atoms with Gasteiger partial charge in [-0.1, -0.05) is 22.0 Å². The molecule has 0 N–H and O–H groups in total. The number of nitrogens with zero attached hydrogens (tertiary/aromatic N) is 2. The molecular formula is C19H15BrN2O3S. The number of furan rings is 1. The summed E-state index contributed by atoms with van der Waals surface area (Å²) in [7, 11) is 0. The molecule has 4 rings (SSSR count). The Labute approximate surface area is 163 Å². The molecule has 2 aromatic heterocycles. The Morgan fingerprint density at radius 1 is 1.27 bits per heavy atom. The molecule has 0 fully saturated rings. The van der Waals surface area contributed by atoms with E-state index in [9.17, 15) is 4.79 Å². The molecule has 1 aliphatic rings. The van der Waals surface area contributed by atoms with E-state index in [2.05, 4.69) is 21.0 Å². The first-order valence-corrected chi connectivity index (χ1v) is 9.73. The largest absolute Gasteiger partial charge is 0.484 e. The monoisotopic (exact) mass is 430 g/mol. The first-order valence-electron chi connectivity index (χ1n) is 8.06. The normalized spacial score (nSPS) is 16.6. The number of rotatable bonds is 5. The van der Waals surface area contributed by atoms with Crippen LogP contribution in [0, 0.1) is 0 Å². The van der Waals surface area contributed by atoms with Gasteiger partial charge in [-0.25, -0.2) is 5.01 Å². The molecule has 1 atom stereocenters. The van der Waals surface area contributed by atoms with E-state index in [-0.39, 0.29) is 18.6 Å². The molecule has 0 aliphatic carbocycles. The topological polar surface area (TPSA) is 55.0 Å². The van der Waals surface area contributed by atoms with E-state index in [4.69, 9.17) is 9.15 Å². The summed E-state index contributed by atoms with van der Waals surface area (Å²) in [6, 6.07) is 14.8. The van der Waals surface area contributed by atoms with Crippen molar-refractivity contribution in [3.63, 3.8) is 0 Å². The molecule has 1 aliphatic heterocycles. The quantitative estimate of drug-likeness (QED) is 0.580. The first-order chi connectivity index (χ1) is 12.7. The minimum atomic E-state index is -0.247. The van der Waals surface area contributed by atoms with Crippen LogP contribution in [0.1, 0.15) is 23.1 Å². The summed E-state index contributed by atoms with van der Waals surface area (Å²) in [5.74, 6) is 1.15. The van der Waals surface area contributed by atoms with E-state index in [1.165, 1.54) is 5.01 Å². The van der Waals surface area contributed by atoms with Crippen molar-refractivity contribution < 1.29 is 13.9 Å². The highest BCUT2D eigenvalue weighted by atomic mass is 79.9. The van der Waals surface area contributed by atoms with E-state index in [0.29, 0.717) is 12.2 Å². The highest BCUT2D eigenvalue weighted by Gasteiger charge is 2.35. The Morgan fingerprint density at radius 2 is 2.12 bits per heavy atom. The Hall–Kier alpha value is -2.38. The van der Waals surface area contributed by atoms with Crippen LogP contribution >= 0.6 is 27.3 Å². The number of hydrogen-bond donors (Lipinski definition) is 0. The van der Waals surface area contributed by atoms with Crippen LogP contribution in [0.5, 0.6) is 5.75 Å². The minimum absolute atomic E-state index is 0.0833. The fourth-order valence-electron chi connectivity index (χ4n) is 2.78. The van der Waals surface area contributed by atoms with Gasteiger partial charge < -0.3 is 9.15 Å². The molecule has 1 unspecified atom stereocenters. The van der Waals surface area contributed by atoms with Gasteiger partial charge in [-0.2, -0.15) is 5.10 Å². The number of hydrazone groups is 1. The third-order valence-electron chi connectivity index (χ3n) is 4.02. The van der Waals surface area contributed by atoms with Crippen LogP contribution < -0.4 is 4.74 Å². The molecule has 5 nitrogen and oxygen atoms in total. The summed E-state index contributed by atoms with van der Waals surface area (Å²) in [6.07, 6.45) is 2.23. The van der Waals surface area contributed by atoms with E-state index < -0.39 is 0 Å². The molecule has 26 heavy (non-hydrogen) atoms. The third-order valence-corrected chi connectivity index (χ3v) is 5.47. The van der Waals surface area contributed by atoms with E-state index in [1.807, 2.05) is 53.9 Å². The number of halogens is 1. The Bertz CT molecular complexity index is 905. The predicted octanol–water partition coefficient (Wildman–Crippen LogP) is 4.86. The lowest BCUT2D eigenvalue weighted by Gasteiger charge is -2.20. The molecule has 0 radical (unpaired) electrons. The lowest BCUT2D eigenvalue weighted by Crippen LogP contribution is -2.31. The van der Waals surface area contributed by atoms with Crippen molar-refractivity contribution in [2.75, 3.05) is 6.61 Å². The van der Waals surface area contributed by atoms with Gasteiger partial charge in [0.25, 0.3) is 5.91 Å².